The largest absolute Gasteiger partial charge is 0.368 e. The second kappa shape index (κ2) is 5.48. The molecule has 0 unspecified atom stereocenters. The van der Waals surface area contributed by atoms with Gasteiger partial charge in [0, 0.05) is 13.0 Å². The van der Waals surface area contributed by atoms with Gasteiger partial charge in [-0.2, -0.15) is 0 Å². The first kappa shape index (κ1) is 11.6. The van der Waals surface area contributed by atoms with Gasteiger partial charge in [0.2, 0.25) is 5.91 Å². The lowest BCUT2D eigenvalue weighted by Crippen LogP contribution is -2.34. The van der Waals surface area contributed by atoms with Crippen molar-refractivity contribution in [1.82, 2.24) is 4.90 Å². The van der Waals surface area contributed by atoms with Gasteiger partial charge >= 0.3 is 0 Å². The molecule has 0 radical (unpaired) electrons. The van der Waals surface area contributed by atoms with E-state index in [1.165, 1.54) is 5.56 Å². The lowest BCUT2D eigenvalue weighted by Gasteiger charge is -2.16. The maximum absolute atomic E-state index is 10.9. The molecule has 0 aliphatic carbocycles. The van der Waals surface area contributed by atoms with Crippen LogP contribution in [0.3, 0.4) is 0 Å². The monoisotopic (exact) mass is 231 g/mol. The number of amidine groups is 1. The van der Waals surface area contributed by atoms with E-state index < -0.39 is 0 Å². The highest BCUT2D eigenvalue weighted by molar-refractivity contribution is 5.88. The van der Waals surface area contributed by atoms with E-state index in [9.17, 15) is 4.79 Å². The molecule has 1 aromatic rings. The van der Waals surface area contributed by atoms with Crippen molar-refractivity contribution in [3.05, 3.63) is 35.9 Å². The van der Waals surface area contributed by atoms with Crippen LogP contribution in [0, 0.1) is 0 Å². The van der Waals surface area contributed by atoms with Gasteiger partial charge in [0.1, 0.15) is 0 Å². The van der Waals surface area contributed by atoms with Gasteiger partial charge in [-0.3, -0.25) is 9.79 Å². The van der Waals surface area contributed by atoms with Gasteiger partial charge in [-0.05, 0) is 12.0 Å². The zero-order valence-electron chi connectivity index (χ0n) is 9.80. The Hall–Kier alpha value is -1.84. The van der Waals surface area contributed by atoms with Gasteiger partial charge < -0.3 is 10.6 Å². The molecule has 1 aliphatic rings. The minimum Gasteiger partial charge on any atom is -0.368 e. The summed E-state index contributed by atoms with van der Waals surface area (Å²) >= 11 is 0. The van der Waals surface area contributed by atoms with E-state index in [0.29, 0.717) is 6.54 Å². The van der Waals surface area contributed by atoms with E-state index >= 15 is 0 Å². The summed E-state index contributed by atoms with van der Waals surface area (Å²) in [6.45, 7) is 1.84. The van der Waals surface area contributed by atoms with Crippen LogP contribution in [0.2, 0.25) is 0 Å². The third-order valence-corrected chi connectivity index (χ3v) is 2.83. The minimum atomic E-state index is -0.292. The molecule has 0 saturated carbocycles. The first-order chi connectivity index (χ1) is 8.25. The summed E-state index contributed by atoms with van der Waals surface area (Å²) in [6.07, 6.45) is 2.00. The van der Waals surface area contributed by atoms with Crippen molar-refractivity contribution in [1.29, 1.82) is 0 Å². The number of carbonyl (C=O) groups excluding carboxylic acids is 1. The summed E-state index contributed by atoms with van der Waals surface area (Å²) in [6, 6.07) is 10.1. The van der Waals surface area contributed by atoms with Crippen molar-refractivity contribution < 1.29 is 4.79 Å². The van der Waals surface area contributed by atoms with E-state index in [0.717, 1.165) is 25.2 Å². The number of carbonyl (C=O) groups is 1. The molecule has 0 spiro atoms. The highest BCUT2D eigenvalue weighted by atomic mass is 16.1. The van der Waals surface area contributed by atoms with Gasteiger partial charge in [-0.1, -0.05) is 30.3 Å². The predicted octanol–water partition coefficient (Wildman–Crippen LogP) is 1.17. The average Bonchev–Trinajstić information content (AvgIpc) is 2.74. The predicted molar refractivity (Wildman–Crippen MR) is 67.6 cm³/mol. The molecule has 0 bridgehead atoms. The standard InChI is InChI=1S/C13H17N3O/c14-12(17)10-16-8-4-7-13(16)15-9-11-5-2-1-3-6-11/h1-3,5-6H,4,7-10H2,(H2,14,17). The van der Waals surface area contributed by atoms with E-state index in [1.807, 2.05) is 23.1 Å². The zero-order valence-corrected chi connectivity index (χ0v) is 9.80. The van der Waals surface area contributed by atoms with Crippen LogP contribution in [0.1, 0.15) is 18.4 Å². The van der Waals surface area contributed by atoms with Gasteiger partial charge in [-0.15, -0.1) is 0 Å². The first-order valence-electron chi connectivity index (χ1n) is 5.86. The Kier molecular flexibility index (Phi) is 3.75. The highest BCUT2D eigenvalue weighted by Gasteiger charge is 2.19. The van der Waals surface area contributed by atoms with Crippen molar-refractivity contribution in [2.75, 3.05) is 13.1 Å². The number of likely N-dealkylation sites (tertiary alicyclic amines) is 1. The van der Waals surface area contributed by atoms with E-state index in [4.69, 9.17) is 5.73 Å². The highest BCUT2D eigenvalue weighted by Crippen LogP contribution is 2.12. The molecule has 2 rings (SSSR count). The number of nitrogens with zero attached hydrogens (tertiary/aromatic N) is 2. The van der Waals surface area contributed by atoms with Crippen LogP contribution in [0.4, 0.5) is 0 Å². The molecule has 0 aromatic heterocycles. The van der Waals surface area contributed by atoms with Gasteiger partial charge in [0.25, 0.3) is 0 Å². The molecule has 1 aliphatic heterocycles. The summed E-state index contributed by atoms with van der Waals surface area (Å²) in [5.74, 6) is 0.715. The fraction of sp³-hybridized carbons (Fsp3) is 0.385. The summed E-state index contributed by atoms with van der Waals surface area (Å²) in [4.78, 5) is 17.4. The van der Waals surface area contributed by atoms with Crippen molar-refractivity contribution in [3.8, 4) is 0 Å². The van der Waals surface area contributed by atoms with Gasteiger partial charge in [0.15, 0.2) is 0 Å². The summed E-state index contributed by atoms with van der Waals surface area (Å²) in [5, 5.41) is 0. The minimum absolute atomic E-state index is 0.285. The molecule has 17 heavy (non-hydrogen) atoms. The number of hydrogen-bond acceptors (Lipinski definition) is 2. The van der Waals surface area contributed by atoms with E-state index in [-0.39, 0.29) is 12.5 Å². The second-order valence-electron chi connectivity index (χ2n) is 4.21. The molecule has 1 saturated heterocycles. The van der Waals surface area contributed by atoms with Gasteiger partial charge in [0.05, 0.1) is 18.9 Å². The Morgan fingerprint density at radius 3 is 2.82 bits per heavy atom. The topological polar surface area (TPSA) is 58.7 Å². The zero-order chi connectivity index (χ0) is 12.1. The van der Waals surface area contributed by atoms with Crippen LogP contribution < -0.4 is 5.73 Å². The number of nitrogens with two attached hydrogens (primary N) is 1. The normalized spacial score (nSPS) is 17.6. The number of rotatable bonds is 4. The molecule has 0 atom stereocenters. The molecule has 4 heteroatoms. The Balaban J connectivity index is 1.98. The van der Waals surface area contributed by atoms with E-state index in [2.05, 4.69) is 17.1 Å². The van der Waals surface area contributed by atoms with Crippen LogP contribution >= 0.6 is 0 Å². The average molecular weight is 231 g/mol. The van der Waals surface area contributed by atoms with Crippen LogP contribution in [0.5, 0.6) is 0 Å². The second-order valence-corrected chi connectivity index (χ2v) is 4.21. The quantitative estimate of drug-likeness (QED) is 0.845. The maximum atomic E-state index is 10.9. The summed E-state index contributed by atoms with van der Waals surface area (Å²) < 4.78 is 0. The molecule has 1 fully saturated rings. The summed E-state index contributed by atoms with van der Waals surface area (Å²) in [5.41, 5.74) is 6.39. The van der Waals surface area contributed by atoms with Crippen molar-refractivity contribution in [2.24, 2.45) is 10.7 Å². The lowest BCUT2D eigenvalue weighted by atomic mass is 10.2. The number of aliphatic imine (C=N–C) groups is 1. The Bertz CT molecular complexity index is 414. The van der Waals surface area contributed by atoms with Crippen molar-refractivity contribution in [3.63, 3.8) is 0 Å². The van der Waals surface area contributed by atoms with Crippen LogP contribution in [0.15, 0.2) is 35.3 Å². The fourth-order valence-corrected chi connectivity index (χ4v) is 2.02. The van der Waals surface area contributed by atoms with Crippen LogP contribution in [-0.2, 0) is 11.3 Å². The number of primary amides is 1. The maximum Gasteiger partial charge on any atom is 0.236 e. The smallest absolute Gasteiger partial charge is 0.236 e. The summed E-state index contributed by atoms with van der Waals surface area (Å²) in [7, 11) is 0. The van der Waals surface area contributed by atoms with Crippen molar-refractivity contribution >= 4 is 11.7 Å². The Labute approximate surface area is 101 Å². The Morgan fingerprint density at radius 1 is 1.35 bits per heavy atom. The molecule has 2 N–H and O–H groups in total. The Morgan fingerprint density at radius 2 is 2.12 bits per heavy atom. The molecule has 1 amide bonds. The molecule has 4 nitrogen and oxygen atoms in total. The molecule has 1 aromatic carbocycles. The molecular weight excluding hydrogens is 214 g/mol. The molecule has 90 valence electrons. The van der Waals surface area contributed by atoms with Gasteiger partial charge in [-0.25, -0.2) is 0 Å². The third kappa shape index (κ3) is 3.31. The fourth-order valence-electron chi connectivity index (χ4n) is 2.02. The van der Waals surface area contributed by atoms with Crippen molar-refractivity contribution in [2.45, 2.75) is 19.4 Å². The number of hydrogen-bond donors (Lipinski definition) is 1. The number of amides is 1. The van der Waals surface area contributed by atoms with Crippen LogP contribution in [-0.4, -0.2) is 29.7 Å². The third-order valence-electron chi connectivity index (χ3n) is 2.83. The van der Waals surface area contributed by atoms with E-state index in [1.54, 1.807) is 0 Å². The molecule has 1 heterocycles. The first-order valence-corrected chi connectivity index (χ1v) is 5.86. The SMILES string of the molecule is NC(=O)CN1CCCC1=NCc1ccccc1. The van der Waals surface area contributed by atoms with Crippen LogP contribution in [0.25, 0.3) is 0 Å². The lowest BCUT2D eigenvalue weighted by molar-refractivity contribution is -0.118. The number of benzene rings is 1. The molecular formula is C13H17N3O.